The molecule has 0 radical (unpaired) electrons. The van der Waals surface area contributed by atoms with Gasteiger partial charge < -0.3 is 14.7 Å². The number of aliphatic hydroxyl groups excluding tert-OH is 1. The summed E-state index contributed by atoms with van der Waals surface area (Å²) in [6, 6.07) is 6.81. The first kappa shape index (κ1) is 19.0. The molecule has 0 aliphatic carbocycles. The highest BCUT2D eigenvalue weighted by molar-refractivity contribution is 7.89. The normalized spacial score (nSPS) is 21.3. The average molecular weight is 377 g/mol. The minimum Gasteiger partial charge on any atom is -0.482 e. The van der Waals surface area contributed by atoms with Crippen LogP contribution in [0.5, 0.6) is 5.75 Å². The Balaban J connectivity index is 1.92. The minimum absolute atomic E-state index is 0.0956. The van der Waals surface area contributed by atoms with Crippen molar-refractivity contribution in [2.45, 2.75) is 6.10 Å². The van der Waals surface area contributed by atoms with Crippen molar-refractivity contribution in [2.75, 3.05) is 39.5 Å². The van der Waals surface area contributed by atoms with E-state index in [4.69, 9.17) is 16.3 Å². The van der Waals surface area contributed by atoms with E-state index in [1.807, 2.05) is 0 Å². The zero-order valence-electron chi connectivity index (χ0n) is 13.6. The number of amides is 1. The Morgan fingerprint density at radius 1 is 1.38 bits per heavy atom. The second kappa shape index (κ2) is 7.69. The van der Waals surface area contributed by atoms with E-state index in [0.29, 0.717) is 10.8 Å². The Morgan fingerprint density at radius 3 is 2.67 bits per heavy atom. The fourth-order valence-electron chi connectivity index (χ4n) is 2.43. The summed E-state index contributed by atoms with van der Waals surface area (Å²) in [6.07, 6.45) is -0.871. The van der Waals surface area contributed by atoms with Crippen molar-refractivity contribution in [1.82, 2.24) is 9.21 Å². The van der Waals surface area contributed by atoms with Gasteiger partial charge in [0.1, 0.15) is 5.75 Å². The molecule has 0 spiro atoms. The summed E-state index contributed by atoms with van der Waals surface area (Å²) >= 11 is 5.95. The van der Waals surface area contributed by atoms with E-state index < -0.39 is 22.0 Å². The smallest absolute Gasteiger partial charge is 0.260 e. The fraction of sp³-hybridized carbons (Fsp3) is 0.533. The maximum atomic E-state index is 12.2. The van der Waals surface area contributed by atoms with Crippen molar-refractivity contribution in [3.63, 3.8) is 0 Å². The number of hydrogen-bond donors (Lipinski definition) is 1. The zero-order chi connectivity index (χ0) is 17.9. The number of ether oxygens (including phenoxy) is 1. The topological polar surface area (TPSA) is 87.2 Å². The van der Waals surface area contributed by atoms with Crippen molar-refractivity contribution < 1.29 is 23.1 Å². The zero-order valence-corrected chi connectivity index (χ0v) is 15.1. The number of rotatable bonds is 6. The molecule has 1 aliphatic heterocycles. The number of hydrogen-bond acceptors (Lipinski definition) is 5. The lowest BCUT2D eigenvalue weighted by Crippen LogP contribution is -2.35. The number of halogens is 1. The highest BCUT2D eigenvalue weighted by Gasteiger charge is 2.37. The SMILES string of the molecule is CN(C)S(=O)(=O)C[C@@H]1CN(C(=O)COc2ccccc2Cl)C[C@@H]1O. The van der Waals surface area contributed by atoms with Gasteiger partial charge in [-0.15, -0.1) is 0 Å². The van der Waals surface area contributed by atoms with Gasteiger partial charge in [-0.25, -0.2) is 12.7 Å². The molecule has 0 bridgehead atoms. The van der Waals surface area contributed by atoms with Crippen LogP contribution in [0.1, 0.15) is 0 Å². The van der Waals surface area contributed by atoms with Crippen LogP contribution in [0, 0.1) is 5.92 Å². The first-order chi connectivity index (χ1) is 11.2. The lowest BCUT2D eigenvalue weighted by atomic mass is 10.1. The highest BCUT2D eigenvalue weighted by Crippen LogP contribution is 2.24. The molecule has 9 heteroatoms. The number of benzene rings is 1. The molecule has 1 N–H and O–H groups in total. The molecule has 2 rings (SSSR count). The number of likely N-dealkylation sites (tertiary alicyclic amines) is 1. The monoisotopic (exact) mass is 376 g/mol. The van der Waals surface area contributed by atoms with Gasteiger partial charge in [0.25, 0.3) is 5.91 Å². The molecule has 1 aliphatic rings. The summed E-state index contributed by atoms with van der Waals surface area (Å²) in [4.78, 5) is 13.6. The molecule has 1 amide bonds. The van der Waals surface area contributed by atoms with E-state index in [0.717, 1.165) is 4.31 Å². The van der Waals surface area contributed by atoms with E-state index >= 15 is 0 Å². The van der Waals surface area contributed by atoms with Crippen LogP contribution >= 0.6 is 11.6 Å². The van der Waals surface area contributed by atoms with Crippen LogP contribution in [0.15, 0.2) is 24.3 Å². The Labute approximate surface area is 146 Å². The maximum absolute atomic E-state index is 12.2. The highest BCUT2D eigenvalue weighted by atomic mass is 35.5. The average Bonchev–Trinajstić information content (AvgIpc) is 2.86. The third-order valence-corrected chi connectivity index (χ3v) is 6.20. The number of para-hydroxylation sites is 1. The van der Waals surface area contributed by atoms with Crippen LogP contribution in [0.4, 0.5) is 0 Å². The quantitative estimate of drug-likeness (QED) is 0.778. The van der Waals surface area contributed by atoms with Gasteiger partial charge in [0.2, 0.25) is 10.0 Å². The summed E-state index contributed by atoms with van der Waals surface area (Å²) < 4.78 is 30.4. The van der Waals surface area contributed by atoms with E-state index in [2.05, 4.69) is 0 Å². The van der Waals surface area contributed by atoms with E-state index in [-0.39, 0.29) is 31.4 Å². The summed E-state index contributed by atoms with van der Waals surface area (Å²) in [5.41, 5.74) is 0. The molecule has 1 heterocycles. The predicted molar refractivity (Wildman–Crippen MR) is 90.5 cm³/mol. The van der Waals surface area contributed by atoms with E-state index in [9.17, 15) is 18.3 Å². The van der Waals surface area contributed by atoms with E-state index in [1.54, 1.807) is 24.3 Å². The molecule has 24 heavy (non-hydrogen) atoms. The van der Waals surface area contributed by atoms with Gasteiger partial charge in [0.05, 0.1) is 16.9 Å². The van der Waals surface area contributed by atoms with E-state index in [1.165, 1.54) is 19.0 Å². The van der Waals surface area contributed by atoms with Crippen LogP contribution in [-0.4, -0.2) is 74.3 Å². The minimum atomic E-state index is -3.44. The molecule has 1 fully saturated rings. The number of carbonyl (C=O) groups excluding carboxylic acids is 1. The molecule has 0 aromatic heterocycles. The Kier molecular flexibility index (Phi) is 6.08. The predicted octanol–water partition coefficient (Wildman–Crippen LogP) is 0.430. The Bertz CT molecular complexity index is 695. The molecule has 1 saturated heterocycles. The van der Waals surface area contributed by atoms with Gasteiger partial charge >= 0.3 is 0 Å². The lowest BCUT2D eigenvalue weighted by Gasteiger charge is -2.18. The summed E-state index contributed by atoms with van der Waals surface area (Å²) in [5, 5.41) is 10.4. The molecule has 1 aromatic carbocycles. The van der Waals surface area contributed by atoms with Gasteiger partial charge in [-0.2, -0.15) is 0 Å². The summed E-state index contributed by atoms with van der Waals surface area (Å²) in [5.74, 6) is -0.629. The first-order valence-corrected chi connectivity index (χ1v) is 9.43. The molecule has 0 saturated carbocycles. The van der Waals surface area contributed by atoms with Crippen molar-refractivity contribution >= 4 is 27.5 Å². The van der Waals surface area contributed by atoms with Crippen LogP contribution in [0.3, 0.4) is 0 Å². The van der Waals surface area contributed by atoms with Gasteiger partial charge in [0.15, 0.2) is 6.61 Å². The van der Waals surface area contributed by atoms with Gasteiger partial charge in [-0.3, -0.25) is 4.79 Å². The van der Waals surface area contributed by atoms with Crippen LogP contribution in [0.25, 0.3) is 0 Å². The van der Waals surface area contributed by atoms with Gasteiger partial charge in [0, 0.05) is 33.1 Å². The molecule has 0 unspecified atom stereocenters. The number of nitrogens with zero attached hydrogens (tertiary/aromatic N) is 2. The molecule has 1 aromatic rings. The van der Waals surface area contributed by atoms with Crippen molar-refractivity contribution in [2.24, 2.45) is 5.92 Å². The van der Waals surface area contributed by atoms with Gasteiger partial charge in [-0.05, 0) is 12.1 Å². The van der Waals surface area contributed by atoms with Crippen molar-refractivity contribution in [1.29, 1.82) is 0 Å². The fourth-order valence-corrected chi connectivity index (χ4v) is 3.79. The second-order valence-electron chi connectivity index (χ2n) is 5.91. The lowest BCUT2D eigenvalue weighted by molar-refractivity contribution is -0.132. The molecular weight excluding hydrogens is 356 g/mol. The Morgan fingerprint density at radius 2 is 2.04 bits per heavy atom. The van der Waals surface area contributed by atoms with Crippen LogP contribution in [-0.2, 0) is 14.8 Å². The van der Waals surface area contributed by atoms with Crippen molar-refractivity contribution in [3.8, 4) is 5.75 Å². The summed E-state index contributed by atoms with van der Waals surface area (Å²) in [6.45, 7) is 0.0564. The number of carbonyl (C=O) groups is 1. The molecule has 2 atom stereocenters. The standard InChI is InChI=1S/C15H21ClN2O5S/c1-17(2)24(21,22)10-11-7-18(8-13(11)19)15(20)9-23-14-6-4-3-5-12(14)16/h3-6,11,13,19H,7-10H2,1-2H3/t11-,13-/m0/s1. The van der Waals surface area contributed by atoms with Crippen LogP contribution < -0.4 is 4.74 Å². The maximum Gasteiger partial charge on any atom is 0.260 e. The molecule has 134 valence electrons. The first-order valence-electron chi connectivity index (χ1n) is 7.44. The molecule has 7 nitrogen and oxygen atoms in total. The number of aliphatic hydroxyl groups is 1. The van der Waals surface area contributed by atoms with Crippen molar-refractivity contribution in [3.05, 3.63) is 29.3 Å². The third kappa shape index (κ3) is 4.60. The third-order valence-electron chi connectivity index (χ3n) is 3.93. The number of β-amino-alcohol motifs (C(OH)–C–C–N with tert-alkyl or cyclic N) is 1. The Hall–Kier alpha value is -1.35. The molecular formula is C15H21ClN2O5S. The largest absolute Gasteiger partial charge is 0.482 e. The van der Waals surface area contributed by atoms with Crippen LogP contribution in [0.2, 0.25) is 5.02 Å². The summed E-state index contributed by atoms with van der Waals surface area (Å²) in [7, 11) is -0.555. The van der Waals surface area contributed by atoms with Gasteiger partial charge in [-0.1, -0.05) is 23.7 Å². The number of sulfonamides is 1. The second-order valence-corrected chi connectivity index (χ2v) is 8.54.